The fourth-order valence-electron chi connectivity index (χ4n) is 6.87. The van der Waals surface area contributed by atoms with Gasteiger partial charge in [-0.25, -0.2) is 4.79 Å². The number of nitrogens with zero attached hydrogens (tertiary/aromatic N) is 1. The molecule has 0 N–H and O–H groups in total. The molecule has 1 aliphatic heterocycles. The Bertz CT molecular complexity index is 1850. The summed E-state index contributed by atoms with van der Waals surface area (Å²) in [6.07, 6.45) is 1.16. The molecular formula is C44H52NO4PS2Si. The standard InChI is InChI=1S/C44H52NO4PS2Si/c1-9-30-48-42(47)41(50(35-24-16-11-17-25-35,36-26-18-12-19-27-36)37-28-20-13-21-29-37)45-39(32(2)43(51)52-31-34-22-14-10-15-23-34)38(40(45)46)33(3)49-53(7,8)44(4,5)6/h9-29,32-33,38-39H,1,30-31H2,2-8H3/t32-,33-,38-,39-/m1/s1. The molecule has 0 spiro atoms. The van der Waals surface area contributed by atoms with Gasteiger partial charge in [-0.2, -0.15) is 0 Å². The largest absolute Gasteiger partial charge is 0.457 e. The smallest absolute Gasteiger partial charge is 0.356 e. The van der Waals surface area contributed by atoms with Gasteiger partial charge >= 0.3 is 5.97 Å². The predicted octanol–water partition coefficient (Wildman–Crippen LogP) is 8.97. The minimum absolute atomic E-state index is 0.00259. The van der Waals surface area contributed by atoms with Crippen molar-refractivity contribution >= 4 is 76.6 Å². The van der Waals surface area contributed by atoms with Crippen molar-refractivity contribution < 1.29 is 18.8 Å². The van der Waals surface area contributed by atoms with Crippen molar-refractivity contribution in [3.63, 3.8) is 0 Å². The van der Waals surface area contributed by atoms with Crippen molar-refractivity contribution in [2.24, 2.45) is 11.8 Å². The van der Waals surface area contributed by atoms with Crippen LogP contribution in [-0.4, -0.2) is 53.5 Å². The summed E-state index contributed by atoms with van der Waals surface area (Å²) in [4.78, 5) is 32.0. The minimum Gasteiger partial charge on any atom is -0.457 e. The minimum atomic E-state index is -3.08. The zero-order chi connectivity index (χ0) is 38.4. The van der Waals surface area contributed by atoms with Crippen LogP contribution in [0.2, 0.25) is 18.1 Å². The molecule has 9 heteroatoms. The molecular weight excluding hydrogens is 730 g/mol. The number of β-lactam (4-membered cyclic amide) rings is 1. The average molecular weight is 782 g/mol. The molecule has 5 nitrogen and oxygen atoms in total. The lowest BCUT2D eigenvalue weighted by molar-refractivity contribution is -0.158. The van der Waals surface area contributed by atoms with Gasteiger partial charge < -0.3 is 14.1 Å². The molecule has 1 fully saturated rings. The zero-order valence-electron chi connectivity index (χ0n) is 31.9. The summed E-state index contributed by atoms with van der Waals surface area (Å²) in [5, 5.41) is 2.77. The lowest BCUT2D eigenvalue weighted by Gasteiger charge is -2.55. The van der Waals surface area contributed by atoms with E-state index in [0.29, 0.717) is 11.2 Å². The van der Waals surface area contributed by atoms with Gasteiger partial charge in [0, 0.05) is 18.6 Å². The van der Waals surface area contributed by atoms with E-state index in [-0.39, 0.29) is 23.5 Å². The van der Waals surface area contributed by atoms with Crippen molar-refractivity contribution in [1.29, 1.82) is 0 Å². The quantitative estimate of drug-likeness (QED) is 0.0318. The predicted molar refractivity (Wildman–Crippen MR) is 233 cm³/mol. The van der Waals surface area contributed by atoms with Crippen molar-refractivity contribution in [2.45, 2.75) is 70.6 Å². The lowest BCUT2D eigenvalue weighted by Crippen LogP contribution is -2.71. The van der Waals surface area contributed by atoms with E-state index in [1.807, 2.05) is 79.7 Å². The number of amides is 1. The van der Waals surface area contributed by atoms with Crippen LogP contribution in [0, 0.1) is 11.8 Å². The Morgan fingerprint density at radius 1 is 0.868 bits per heavy atom. The molecule has 0 saturated carbocycles. The van der Waals surface area contributed by atoms with Crippen LogP contribution in [0.1, 0.15) is 40.2 Å². The fraction of sp³-hybridized carbons (Fsp3) is 0.318. The normalized spacial score (nSPS) is 17.3. The number of benzene rings is 4. The Balaban J connectivity index is 1.80. The molecule has 4 aromatic carbocycles. The maximum Gasteiger partial charge on any atom is 0.356 e. The number of likely N-dealkylation sites (tertiary alicyclic amines) is 1. The second kappa shape index (κ2) is 17.3. The summed E-state index contributed by atoms with van der Waals surface area (Å²) >= 11 is 7.82. The SMILES string of the molecule is C=CCOC(=O)C(N1C(=O)[C@H]([C@@H](C)O[Si](C)(C)C(C)(C)C)[C@H]1[C@@H](C)C(=S)SCc1ccccc1)=P(c1ccccc1)(c1ccccc1)c1ccccc1. The van der Waals surface area contributed by atoms with Crippen LogP contribution in [0.5, 0.6) is 0 Å². The van der Waals surface area contributed by atoms with Crippen molar-refractivity contribution in [1.82, 2.24) is 4.90 Å². The number of esters is 1. The molecule has 1 saturated heterocycles. The van der Waals surface area contributed by atoms with Crippen molar-refractivity contribution in [3.05, 3.63) is 140 Å². The second-order valence-corrected chi connectivity index (χ2v) is 24.9. The van der Waals surface area contributed by atoms with Crippen LogP contribution >= 0.6 is 30.9 Å². The molecule has 0 radical (unpaired) electrons. The van der Waals surface area contributed by atoms with Gasteiger partial charge in [-0.15, -0.1) is 11.8 Å². The first-order chi connectivity index (χ1) is 25.3. The summed E-state index contributed by atoms with van der Waals surface area (Å²) in [6.45, 7) is 15.9. The zero-order valence-corrected chi connectivity index (χ0v) is 35.4. The van der Waals surface area contributed by atoms with Gasteiger partial charge in [-0.3, -0.25) is 4.79 Å². The topological polar surface area (TPSA) is 55.8 Å². The third-order valence-corrected chi connectivity index (χ3v) is 21.3. The molecule has 4 aromatic rings. The van der Waals surface area contributed by atoms with E-state index in [2.05, 4.69) is 95.9 Å². The van der Waals surface area contributed by atoms with E-state index < -0.39 is 39.2 Å². The number of rotatable bonds is 14. The molecule has 278 valence electrons. The van der Waals surface area contributed by atoms with Crippen LogP contribution < -0.4 is 15.9 Å². The first kappa shape index (κ1) is 40.7. The molecule has 1 amide bonds. The molecule has 53 heavy (non-hydrogen) atoms. The summed E-state index contributed by atoms with van der Waals surface area (Å²) in [5.74, 6) is -0.779. The van der Waals surface area contributed by atoms with E-state index in [1.54, 1.807) is 22.7 Å². The number of ether oxygens (including phenoxy) is 1. The van der Waals surface area contributed by atoms with E-state index in [9.17, 15) is 4.79 Å². The number of thiocarbonyl (C=S) groups is 1. The lowest BCUT2D eigenvalue weighted by atomic mass is 9.77. The fourth-order valence-corrected chi connectivity index (χ4v) is 13.9. The Hall–Kier alpha value is -3.52. The van der Waals surface area contributed by atoms with E-state index in [0.717, 1.165) is 20.1 Å². The van der Waals surface area contributed by atoms with Gasteiger partial charge in [-0.1, -0.05) is 174 Å². The van der Waals surface area contributed by atoms with Gasteiger partial charge in [0.15, 0.2) is 8.32 Å². The molecule has 0 unspecified atom stereocenters. The molecule has 4 atom stereocenters. The van der Waals surface area contributed by atoms with Crippen LogP contribution in [0.25, 0.3) is 0 Å². The first-order valence-electron chi connectivity index (χ1n) is 18.2. The Kier molecular flexibility index (Phi) is 13.3. The third-order valence-electron chi connectivity index (χ3n) is 10.6. The average Bonchev–Trinajstić information content (AvgIpc) is 3.15. The van der Waals surface area contributed by atoms with E-state index in [4.69, 9.17) is 21.4 Å². The Morgan fingerprint density at radius 3 is 1.75 bits per heavy atom. The van der Waals surface area contributed by atoms with E-state index in [1.165, 1.54) is 5.56 Å². The Morgan fingerprint density at radius 2 is 1.32 bits per heavy atom. The van der Waals surface area contributed by atoms with Gasteiger partial charge in [0.1, 0.15) is 12.0 Å². The second-order valence-electron chi connectivity index (χ2n) is 15.1. The maximum absolute atomic E-state index is 15.2. The summed E-state index contributed by atoms with van der Waals surface area (Å²) < 4.78 is 13.8. The monoisotopic (exact) mass is 781 g/mol. The number of carbonyl (C=O) groups excluding carboxylic acids is 2. The van der Waals surface area contributed by atoms with Crippen LogP contribution in [0.15, 0.2) is 134 Å². The number of thioether (sulfide) groups is 1. The van der Waals surface area contributed by atoms with Gasteiger partial charge in [0.2, 0.25) is 5.91 Å². The van der Waals surface area contributed by atoms with Crippen LogP contribution in [0.3, 0.4) is 0 Å². The molecule has 5 rings (SSSR count). The highest BCUT2D eigenvalue weighted by Gasteiger charge is 2.59. The number of hydrogen-bond donors (Lipinski definition) is 0. The number of hydrogen-bond acceptors (Lipinski definition) is 6. The third kappa shape index (κ3) is 8.43. The summed E-state index contributed by atoms with van der Waals surface area (Å²) in [6, 6.07) is 40.1. The maximum atomic E-state index is 15.2. The van der Waals surface area contributed by atoms with E-state index >= 15 is 4.79 Å². The van der Waals surface area contributed by atoms with Crippen LogP contribution in [-0.2, 0) is 24.5 Å². The highest BCUT2D eigenvalue weighted by Crippen LogP contribution is 2.51. The van der Waals surface area contributed by atoms with Gasteiger partial charge in [0.05, 0.1) is 22.3 Å². The summed E-state index contributed by atoms with van der Waals surface area (Å²) in [5.41, 5.74) is 1.51. The molecule has 0 bridgehead atoms. The highest BCUT2D eigenvalue weighted by atomic mass is 32.2. The molecule has 1 heterocycles. The summed E-state index contributed by atoms with van der Waals surface area (Å²) in [7, 11) is -2.29. The van der Waals surface area contributed by atoms with Crippen molar-refractivity contribution in [2.75, 3.05) is 6.61 Å². The highest BCUT2D eigenvalue weighted by molar-refractivity contribution is 8.22. The van der Waals surface area contributed by atoms with Gasteiger partial charge in [-0.05, 0) is 46.5 Å². The molecule has 1 aliphatic rings. The van der Waals surface area contributed by atoms with Gasteiger partial charge in [0.25, 0.3) is 0 Å². The van der Waals surface area contributed by atoms with Crippen LogP contribution in [0.4, 0.5) is 0 Å². The first-order valence-corrected chi connectivity index (χ1v) is 24.3. The Labute approximate surface area is 327 Å². The molecule has 0 aromatic heterocycles. The van der Waals surface area contributed by atoms with Crippen molar-refractivity contribution in [3.8, 4) is 0 Å². The molecule has 0 aliphatic carbocycles. The number of carbonyl (C=O) groups is 2.